The van der Waals surface area contributed by atoms with Gasteiger partial charge in [-0.1, -0.05) is 24.3 Å². The summed E-state index contributed by atoms with van der Waals surface area (Å²) in [6, 6.07) is 12.5. The molecule has 0 unspecified atom stereocenters. The third-order valence-electron chi connectivity index (χ3n) is 3.56. The molecule has 0 aliphatic carbocycles. The second-order valence-corrected chi connectivity index (χ2v) is 6.45. The lowest BCUT2D eigenvalue weighted by Gasteiger charge is -2.14. The van der Waals surface area contributed by atoms with Gasteiger partial charge in [0.2, 0.25) is 5.13 Å². The second kappa shape index (κ2) is 8.26. The van der Waals surface area contributed by atoms with E-state index in [9.17, 15) is 18.0 Å². The minimum absolute atomic E-state index is 0.216. The number of hydrogen-bond donors (Lipinski definition) is 2. The summed E-state index contributed by atoms with van der Waals surface area (Å²) in [5, 5.41) is 5.97. The molecule has 1 heterocycles. The van der Waals surface area contributed by atoms with E-state index in [4.69, 9.17) is 0 Å². The molecule has 1 amide bonds. The zero-order chi connectivity index (χ0) is 20.1. The van der Waals surface area contributed by atoms with Crippen molar-refractivity contribution in [2.45, 2.75) is 19.8 Å². The highest BCUT2D eigenvalue weighted by molar-refractivity contribution is 7.09. The Balaban J connectivity index is 1.61. The summed E-state index contributed by atoms with van der Waals surface area (Å²) < 4.78 is 45.4. The monoisotopic (exact) mass is 408 g/mol. The van der Waals surface area contributed by atoms with Crippen LogP contribution in [0, 0.1) is 6.92 Å². The molecule has 0 fully saturated rings. The Morgan fingerprint density at radius 1 is 1.14 bits per heavy atom. The highest BCUT2D eigenvalue weighted by atomic mass is 32.1. The van der Waals surface area contributed by atoms with Crippen LogP contribution in [0.1, 0.15) is 21.7 Å². The summed E-state index contributed by atoms with van der Waals surface area (Å²) in [5.41, 5.74) is 1.43. The quantitative estimate of drug-likeness (QED) is 0.623. The summed E-state index contributed by atoms with van der Waals surface area (Å²) in [6.07, 6.45) is -4.77. The number of aryl methyl sites for hydroxylation is 1. The molecule has 1 aromatic heterocycles. The molecule has 146 valence electrons. The van der Waals surface area contributed by atoms with Crippen LogP contribution in [0.3, 0.4) is 0 Å². The maximum Gasteiger partial charge on any atom is 0.573 e. The van der Waals surface area contributed by atoms with Gasteiger partial charge >= 0.3 is 6.36 Å². The summed E-state index contributed by atoms with van der Waals surface area (Å²) >= 11 is 1.09. The van der Waals surface area contributed by atoms with E-state index in [1.165, 1.54) is 18.2 Å². The molecule has 0 saturated heterocycles. The van der Waals surface area contributed by atoms with Gasteiger partial charge in [-0.15, -0.1) is 13.2 Å². The largest absolute Gasteiger partial charge is 0.573 e. The van der Waals surface area contributed by atoms with Crippen molar-refractivity contribution in [3.63, 3.8) is 0 Å². The molecule has 0 atom stereocenters. The Bertz CT molecular complexity index is 958. The van der Waals surface area contributed by atoms with Crippen LogP contribution >= 0.6 is 11.5 Å². The number of nitrogens with one attached hydrogen (secondary N) is 2. The van der Waals surface area contributed by atoms with Crippen LogP contribution in [0.2, 0.25) is 0 Å². The number of alkyl halides is 3. The Kier molecular flexibility index (Phi) is 5.78. The van der Waals surface area contributed by atoms with Crippen LogP contribution in [-0.4, -0.2) is 21.6 Å². The lowest BCUT2D eigenvalue weighted by molar-refractivity contribution is -0.274. The van der Waals surface area contributed by atoms with E-state index in [0.29, 0.717) is 16.5 Å². The number of ether oxygens (including phenoxy) is 1. The third-order valence-corrected chi connectivity index (χ3v) is 4.28. The normalized spacial score (nSPS) is 11.1. The van der Waals surface area contributed by atoms with E-state index in [1.54, 1.807) is 37.3 Å². The number of nitrogens with zero attached hydrogens (tertiary/aromatic N) is 2. The molecule has 28 heavy (non-hydrogen) atoms. The average molecular weight is 408 g/mol. The number of benzene rings is 2. The average Bonchev–Trinajstić information content (AvgIpc) is 3.05. The number of rotatable bonds is 6. The summed E-state index contributed by atoms with van der Waals surface area (Å²) in [7, 11) is 0. The molecule has 2 aromatic carbocycles. The molecule has 0 radical (unpaired) electrons. The maximum absolute atomic E-state index is 12.5. The van der Waals surface area contributed by atoms with Gasteiger partial charge in [-0.05, 0) is 36.8 Å². The van der Waals surface area contributed by atoms with Gasteiger partial charge in [0.15, 0.2) is 5.75 Å². The highest BCUT2D eigenvalue weighted by Gasteiger charge is 2.32. The fourth-order valence-corrected chi connectivity index (χ4v) is 2.89. The molecule has 10 heteroatoms. The van der Waals surface area contributed by atoms with E-state index in [1.807, 2.05) is 0 Å². The maximum atomic E-state index is 12.5. The molecule has 2 N–H and O–H groups in total. The third kappa shape index (κ3) is 5.43. The van der Waals surface area contributed by atoms with Crippen molar-refractivity contribution in [3.05, 3.63) is 65.5 Å². The lowest BCUT2D eigenvalue weighted by atomic mass is 10.1. The summed E-state index contributed by atoms with van der Waals surface area (Å²) in [6.45, 7) is 1.99. The Morgan fingerprint density at radius 2 is 1.86 bits per heavy atom. The first-order chi connectivity index (χ1) is 13.3. The van der Waals surface area contributed by atoms with Crippen LogP contribution in [0.25, 0.3) is 0 Å². The van der Waals surface area contributed by atoms with Crippen molar-refractivity contribution in [2.24, 2.45) is 0 Å². The first-order valence-corrected chi connectivity index (χ1v) is 8.87. The molecule has 0 spiro atoms. The minimum atomic E-state index is -4.77. The SMILES string of the molecule is Cc1nsc(NC(=O)c2ccc(CNc3ccccc3OC(F)(F)F)cc2)n1. The number of carbonyl (C=O) groups is 1. The molecule has 0 aliphatic heterocycles. The zero-order valence-electron chi connectivity index (χ0n) is 14.6. The molecular weight excluding hydrogens is 393 g/mol. The molecule has 0 saturated carbocycles. The van der Waals surface area contributed by atoms with E-state index >= 15 is 0 Å². The predicted octanol–water partition coefficient (Wildman–Crippen LogP) is 4.61. The summed E-state index contributed by atoms with van der Waals surface area (Å²) in [5.74, 6) is -0.0468. The molecule has 0 bridgehead atoms. The van der Waals surface area contributed by atoms with E-state index in [-0.39, 0.29) is 23.9 Å². The predicted molar refractivity (Wildman–Crippen MR) is 99.5 cm³/mol. The van der Waals surface area contributed by atoms with Crippen LogP contribution in [-0.2, 0) is 6.54 Å². The van der Waals surface area contributed by atoms with Crippen molar-refractivity contribution in [3.8, 4) is 5.75 Å². The van der Waals surface area contributed by atoms with Crippen LogP contribution in [0.5, 0.6) is 5.75 Å². The van der Waals surface area contributed by atoms with Crippen LogP contribution in [0.4, 0.5) is 24.0 Å². The van der Waals surface area contributed by atoms with Crippen molar-refractivity contribution in [1.82, 2.24) is 9.36 Å². The number of carbonyl (C=O) groups excluding carboxylic acids is 1. The number of para-hydroxylation sites is 2. The molecular formula is C18H15F3N4O2S. The van der Waals surface area contributed by atoms with Gasteiger partial charge in [-0.3, -0.25) is 10.1 Å². The Morgan fingerprint density at radius 3 is 2.50 bits per heavy atom. The number of halogens is 3. The second-order valence-electron chi connectivity index (χ2n) is 5.70. The van der Waals surface area contributed by atoms with Crippen LogP contribution in [0.15, 0.2) is 48.5 Å². The van der Waals surface area contributed by atoms with Crippen LogP contribution < -0.4 is 15.4 Å². The van der Waals surface area contributed by atoms with Gasteiger partial charge in [-0.25, -0.2) is 4.98 Å². The fraction of sp³-hybridized carbons (Fsp3) is 0.167. The fourth-order valence-electron chi connectivity index (χ4n) is 2.31. The zero-order valence-corrected chi connectivity index (χ0v) is 15.4. The first kappa shape index (κ1) is 19.6. The van der Waals surface area contributed by atoms with E-state index in [2.05, 4.69) is 24.7 Å². The summed E-state index contributed by atoms with van der Waals surface area (Å²) in [4.78, 5) is 16.2. The van der Waals surface area contributed by atoms with Gasteiger partial charge < -0.3 is 10.1 Å². The lowest BCUT2D eigenvalue weighted by Crippen LogP contribution is -2.18. The van der Waals surface area contributed by atoms with Gasteiger partial charge in [0, 0.05) is 23.6 Å². The van der Waals surface area contributed by atoms with Gasteiger partial charge in [0.05, 0.1) is 5.69 Å². The molecule has 3 rings (SSSR count). The Hall–Kier alpha value is -3.14. The van der Waals surface area contributed by atoms with E-state index < -0.39 is 6.36 Å². The molecule has 6 nitrogen and oxygen atoms in total. The number of amides is 1. The molecule has 3 aromatic rings. The van der Waals surface area contributed by atoms with Crippen molar-refractivity contribution >= 4 is 28.3 Å². The minimum Gasteiger partial charge on any atom is -0.404 e. The topological polar surface area (TPSA) is 76.1 Å². The Labute approximate surface area is 162 Å². The number of anilines is 2. The van der Waals surface area contributed by atoms with Crippen molar-refractivity contribution in [2.75, 3.05) is 10.6 Å². The van der Waals surface area contributed by atoms with Crippen molar-refractivity contribution in [1.29, 1.82) is 0 Å². The smallest absolute Gasteiger partial charge is 0.404 e. The number of hydrogen-bond acceptors (Lipinski definition) is 6. The highest BCUT2D eigenvalue weighted by Crippen LogP contribution is 2.30. The first-order valence-electron chi connectivity index (χ1n) is 8.09. The van der Waals surface area contributed by atoms with Gasteiger partial charge in [0.25, 0.3) is 5.91 Å². The molecule has 0 aliphatic rings. The van der Waals surface area contributed by atoms with E-state index in [0.717, 1.165) is 17.1 Å². The number of aromatic nitrogens is 2. The van der Waals surface area contributed by atoms with Gasteiger partial charge in [0.1, 0.15) is 5.82 Å². The standard InChI is InChI=1S/C18H15F3N4O2S/c1-11-23-17(28-25-11)24-16(26)13-8-6-12(7-9-13)10-22-14-4-2-3-5-15(14)27-18(19,20)21/h2-9,22H,10H2,1H3,(H,23,24,25,26). The van der Waals surface area contributed by atoms with Crippen molar-refractivity contribution < 1.29 is 22.7 Å². The van der Waals surface area contributed by atoms with Gasteiger partial charge in [-0.2, -0.15) is 4.37 Å².